The van der Waals surface area contributed by atoms with Gasteiger partial charge in [-0.05, 0) is 35.1 Å². The Morgan fingerprint density at radius 2 is 1.95 bits per heavy atom. The molecule has 1 amide bonds. The maximum Gasteiger partial charge on any atom is 0.226 e. The van der Waals surface area contributed by atoms with Crippen LogP contribution in [0.25, 0.3) is 10.8 Å². The van der Waals surface area contributed by atoms with E-state index in [9.17, 15) is 9.90 Å². The van der Waals surface area contributed by atoms with Gasteiger partial charge in [-0.25, -0.2) is 0 Å². The normalized spacial score (nSPS) is 28.0. The molecule has 0 aromatic heterocycles. The van der Waals surface area contributed by atoms with Crippen molar-refractivity contribution in [1.29, 1.82) is 0 Å². The third-order valence-electron chi connectivity index (χ3n) is 4.81. The van der Waals surface area contributed by atoms with Crippen LogP contribution in [0.5, 0.6) is 0 Å². The SMILES string of the molecule is O=C(C1CC1c1cccc2ccccc12)N1CC[C@@H](O)C1. The molecule has 21 heavy (non-hydrogen) atoms. The average Bonchev–Trinajstić information content (AvgIpc) is 3.19. The third-order valence-corrected chi connectivity index (χ3v) is 4.81. The average molecular weight is 281 g/mol. The number of amides is 1. The van der Waals surface area contributed by atoms with Gasteiger partial charge < -0.3 is 10.0 Å². The summed E-state index contributed by atoms with van der Waals surface area (Å²) < 4.78 is 0. The maximum absolute atomic E-state index is 12.5. The number of hydrogen-bond donors (Lipinski definition) is 1. The maximum atomic E-state index is 12.5. The van der Waals surface area contributed by atoms with Crippen LogP contribution in [0, 0.1) is 5.92 Å². The summed E-state index contributed by atoms with van der Waals surface area (Å²) in [7, 11) is 0. The lowest BCUT2D eigenvalue weighted by Crippen LogP contribution is -2.31. The minimum absolute atomic E-state index is 0.112. The largest absolute Gasteiger partial charge is 0.391 e. The minimum atomic E-state index is -0.330. The predicted molar refractivity (Wildman–Crippen MR) is 82.0 cm³/mol. The van der Waals surface area contributed by atoms with Crippen LogP contribution in [0.2, 0.25) is 0 Å². The minimum Gasteiger partial charge on any atom is -0.391 e. The van der Waals surface area contributed by atoms with Crippen molar-refractivity contribution in [2.75, 3.05) is 13.1 Å². The first-order valence-corrected chi connectivity index (χ1v) is 7.68. The van der Waals surface area contributed by atoms with Gasteiger partial charge >= 0.3 is 0 Å². The highest BCUT2D eigenvalue weighted by Crippen LogP contribution is 2.50. The number of β-amino-alcohol motifs (C(OH)–C–C–N with tert-alkyl or cyclic N) is 1. The first-order valence-electron chi connectivity index (χ1n) is 7.68. The van der Waals surface area contributed by atoms with Crippen molar-refractivity contribution in [3.05, 3.63) is 48.0 Å². The van der Waals surface area contributed by atoms with E-state index in [-0.39, 0.29) is 17.9 Å². The molecular formula is C18H19NO2. The molecule has 3 atom stereocenters. The van der Waals surface area contributed by atoms with Crippen molar-refractivity contribution in [3.63, 3.8) is 0 Å². The van der Waals surface area contributed by atoms with Gasteiger partial charge in [0.2, 0.25) is 5.91 Å². The second-order valence-electron chi connectivity index (χ2n) is 6.24. The van der Waals surface area contributed by atoms with E-state index in [0.29, 0.717) is 19.0 Å². The van der Waals surface area contributed by atoms with E-state index in [1.54, 1.807) is 0 Å². The lowest BCUT2D eigenvalue weighted by atomic mass is 10.00. The fourth-order valence-corrected chi connectivity index (χ4v) is 3.56. The van der Waals surface area contributed by atoms with Crippen LogP contribution in [-0.2, 0) is 4.79 Å². The smallest absolute Gasteiger partial charge is 0.226 e. The number of aliphatic hydroxyl groups is 1. The number of aliphatic hydroxyl groups excluding tert-OH is 1. The highest BCUT2D eigenvalue weighted by atomic mass is 16.3. The predicted octanol–water partition coefficient (Wildman–Crippen LogP) is 2.54. The molecule has 2 aromatic rings. The van der Waals surface area contributed by atoms with Gasteiger partial charge in [-0.15, -0.1) is 0 Å². The zero-order chi connectivity index (χ0) is 14.4. The van der Waals surface area contributed by atoms with E-state index in [1.165, 1.54) is 16.3 Å². The second kappa shape index (κ2) is 4.85. The van der Waals surface area contributed by atoms with Gasteiger partial charge in [-0.1, -0.05) is 42.5 Å². The number of likely N-dealkylation sites (tertiary alicyclic amines) is 1. The van der Waals surface area contributed by atoms with E-state index in [0.717, 1.165) is 12.8 Å². The summed E-state index contributed by atoms with van der Waals surface area (Å²) in [5, 5.41) is 12.1. The summed E-state index contributed by atoms with van der Waals surface area (Å²) >= 11 is 0. The molecule has 2 fully saturated rings. The molecule has 2 aromatic carbocycles. The summed E-state index contributed by atoms with van der Waals surface area (Å²) in [5.41, 5.74) is 1.30. The molecule has 3 heteroatoms. The molecule has 1 aliphatic heterocycles. The first-order chi connectivity index (χ1) is 10.2. The Bertz CT molecular complexity index is 691. The molecule has 1 saturated carbocycles. The number of carbonyl (C=O) groups excluding carboxylic acids is 1. The molecule has 2 unspecified atom stereocenters. The van der Waals surface area contributed by atoms with E-state index < -0.39 is 0 Å². The van der Waals surface area contributed by atoms with E-state index in [4.69, 9.17) is 0 Å². The lowest BCUT2D eigenvalue weighted by molar-refractivity contribution is -0.131. The Hall–Kier alpha value is -1.87. The molecule has 0 radical (unpaired) electrons. The highest BCUT2D eigenvalue weighted by Gasteiger charge is 2.47. The molecule has 1 aliphatic carbocycles. The molecular weight excluding hydrogens is 262 g/mol. The van der Waals surface area contributed by atoms with Gasteiger partial charge in [0.1, 0.15) is 0 Å². The lowest BCUT2D eigenvalue weighted by Gasteiger charge is -2.15. The molecule has 108 valence electrons. The Kier molecular flexibility index (Phi) is 2.96. The van der Waals surface area contributed by atoms with Crippen LogP contribution in [0.15, 0.2) is 42.5 Å². The summed E-state index contributed by atoms with van der Waals surface area (Å²) in [6.07, 6.45) is 1.33. The molecule has 4 rings (SSSR count). The van der Waals surface area contributed by atoms with Gasteiger partial charge in [0.15, 0.2) is 0 Å². The number of fused-ring (bicyclic) bond motifs is 1. The monoisotopic (exact) mass is 281 g/mol. The van der Waals surface area contributed by atoms with Crippen molar-refractivity contribution in [2.24, 2.45) is 5.92 Å². The zero-order valence-corrected chi connectivity index (χ0v) is 11.9. The fraction of sp³-hybridized carbons (Fsp3) is 0.389. The van der Waals surface area contributed by atoms with Gasteiger partial charge in [-0.2, -0.15) is 0 Å². The van der Waals surface area contributed by atoms with Gasteiger partial charge in [-0.3, -0.25) is 4.79 Å². The Morgan fingerprint density at radius 1 is 1.14 bits per heavy atom. The number of carbonyl (C=O) groups is 1. The Morgan fingerprint density at radius 3 is 2.76 bits per heavy atom. The van der Waals surface area contributed by atoms with Crippen LogP contribution in [0.3, 0.4) is 0 Å². The molecule has 1 N–H and O–H groups in total. The van der Waals surface area contributed by atoms with Crippen LogP contribution in [-0.4, -0.2) is 35.1 Å². The summed E-state index contributed by atoms with van der Waals surface area (Å²) in [6.45, 7) is 1.22. The van der Waals surface area contributed by atoms with Crippen molar-refractivity contribution >= 4 is 16.7 Å². The number of hydrogen-bond acceptors (Lipinski definition) is 2. The van der Waals surface area contributed by atoms with E-state index in [2.05, 4.69) is 36.4 Å². The van der Waals surface area contributed by atoms with Crippen molar-refractivity contribution < 1.29 is 9.90 Å². The van der Waals surface area contributed by atoms with Crippen LogP contribution in [0.1, 0.15) is 24.3 Å². The van der Waals surface area contributed by atoms with E-state index in [1.807, 2.05) is 11.0 Å². The molecule has 3 nitrogen and oxygen atoms in total. The van der Waals surface area contributed by atoms with Crippen LogP contribution in [0.4, 0.5) is 0 Å². The quantitative estimate of drug-likeness (QED) is 0.919. The van der Waals surface area contributed by atoms with Crippen molar-refractivity contribution in [1.82, 2.24) is 4.90 Å². The molecule has 0 spiro atoms. The molecule has 2 aliphatic rings. The van der Waals surface area contributed by atoms with Crippen LogP contribution < -0.4 is 0 Å². The fourth-order valence-electron chi connectivity index (χ4n) is 3.56. The van der Waals surface area contributed by atoms with Crippen molar-refractivity contribution in [2.45, 2.75) is 24.9 Å². The van der Waals surface area contributed by atoms with Gasteiger partial charge in [0.25, 0.3) is 0 Å². The summed E-state index contributed by atoms with van der Waals surface area (Å²) in [6, 6.07) is 14.7. The van der Waals surface area contributed by atoms with Crippen LogP contribution >= 0.6 is 0 Å². The third kappa shape index (κ3) is 2.22. The Balaban J connectivity index is 1.57. The second-order valence-corrected chi connectivity index (χ2v) is 6.24. The molecule has 1 heterocycles. The number of rotatable bonds is 2. The van der Waals surface area contributed by atoms with Gasteiger partial charge in [0, 0.05) is 19.0 Å². The van der Waals surface area contributed by atoms with E-state index >= 15 is 0 Å². The number of nitrogens with zero attached hydrogens (tertiary/aromatic N) is 1. The first kappa shape index (κ1) is 12.8. The summed E-state index contributed by atoms with van der Waals surface area (Å²) in [5.74, 6) is 0.687. The standard InChI is InChI=1S/C18H19NO2/c20-13-8-9-19(11-13)18(21)17-10-16(17)15-7-3-5-12-4-1-2-6-14(12)15/h1-7,13,16-17,20H,8-11H2/t13-,16?,17?/m1/s1. The molecule has 1 saturated heterocycles. The summed E-state index contributed by atoms with van der Waals surface area (Å²) in [4.78, 5) is 14.3. The molecule has 0 bridgehead atoms. The topological polar surface area (TPSA) is 40.5 Å². The van der Waals surface area contributed by atoms with Gasteiger partial charge in [0.05, 0.1) is 6.10 Å². The number of benzene rings is 2. The zero-order valence-electron chi connectivity index (χ0n) is 11.9. The highest BCUT2D eigenvalue weighted by molar-refractivity contribution is 5.89. The Labute approximate surface area is 124 Å². The van der Waals surface area contributed by atoms with Crippen molar-refractivity contribution in [3.8, 4) is 0 Å².